The number of hydrogen-bond acceptors (Lipinski definition) is 3. The molecule has 0 radical (unpaired) electrons. The molecule has 1 heterocycles. The number of carbonyl (C=O) groups excluding carboxylic acids is 1. The van der Waals surface area contributed by atoms with E-state index < -0.39 is 6.10 Å². The molecule has 0 aromatic heterocycles. The van der Waals surface area contributed by atoms with Gasteiger partial charge in [0.2, 0.25) is 0 Å². The Balaban J connectivity index is 2.14. The SMILES string of the molecule is O=C1CCSC[C@H]1[C@@H](O)c1ccc(Cl)cc1. The summed E-state index contributed by atoms with van der Waals surface area (Å²) in [6.45, 7) is 0. The highest BCUT2D eigenvalue weighted by atomic mass is 35.5. The molecular weight excluding hydrogens is 244 g/mol. The molecule has 0 aliphatic carbocycles. The molecule has 4 heteroatoms. The third-order valence-electron chi connectivity index (χ3n) is 2.80. The van der Waals surface area contributed by atoms with Crippen LogP contribution in [0.25, 0.3) is 0 Å². The van der Waals surface area contributed by atoms with Gasteiger partial charge in [-0.2, -0.15) is 11.8 Å². The topological polar surface area (TPSA) is 37.3 Å². The first-order valence-corrected chi connectivity index (χ1v) is 6.76. The van der Waals surface area contributed by atoms with Crippen LogP contribution in [0.5, 0.6) is 0 Å². The third-order valence-corrected chi connectivity index (χ3v) is 4.14. The number of benzene rings is 1. The van der Waals surface area contributed by atoms with Crippen LogP contribution in [-0.2, 0) is 4.79 Å². The molecule has 2 nitrogen and oxygen atoms in total. The molecule has 1 aromatic rings. The number of hydrogen-bond donors (Lipinski definition) is 1. The fourth-order valence-electron chi connectivity index (χ4n) is 1.82. The average molecular weight is 257 g/mol. The summed E-state index contributed by atoms with van der Waals surface area (Å²) in [6.07, 6.45) is -0.127. The molecule has 1 fully saturated rings. The van der Waals surface area contributed by atoms with Crippen LogP contribution in [0.4, 0.5) is 0 Å². The first kappa shape index (κ1) is 12.0. The highest BCUT2D eigenvalue weighted by molar-refractivity contribution is 7.99. The first-order chi connectivity index (χ1) is 7.68. The molecule has 1 N–H and O–H groups in total. The van der Waals surface area contributed by atoms with E-state index in [2.05, 4.69) is 0 Å². The molecule has 0 unspecified atom stereocenters. The molecule has 1 saturated heterocycles. The van der Waals surface area contributed by atoms with Crippen molar-refractivity contribution in [2.45, 2.75) is 12.5 Å². The zero-order chi connectivity index (χ0) is 11.5. The number of aliphatic hydroxyl groups excluding tert-OH is 1. The first-order valence-electron chi connectivity index (χ1n) is 5.22. The summed E-state index contributed by atoms with van der Waals surface area (Å²) in [4.78, 5) is 11.7. The van der Waals surface area contributed by atoms with Crippen LogP contribution in [0, 0.1) is 5.92 Å². The van der Waals surface area contributed by atoms with Crippen molar-refractivity contribution < 1.29 is 9.90 Å². The van der Waals surface area contributed by atoms with Gasteiger partial charge in [-0.1, -0.05) is 23.7 Å². The summed E-state index contributed by atoms with van der Waals surface area (Å²) < 4.78 is 0. The number of thioether (sulfide) groups is 1. The Morgan fingerprint density at radius 1 is 1.38 bits per heavy atom. The lowest BCUT2D eigenvalue weighted by Crippen LogP contribution is -2.28. The van der Waals surface area contributed by atoms with Crippen LogP contribution >= 0.6 is 23.4 Å². The number of halogens is 1. The van der Waals surface area contributed by atoms with E-state index in [0.29, 0.717) is 17.2 Å². The summed E-state index contributed by atoms with van der Waals surface area (Å²) in [5.41, 5.74) is 0.769. The Morgan fingerprint density at radius 2 is 2.06 bits per heavy atom. The minimum absolute atomic E-state index is 0.168. The van der Waals surface area contributed by atoms with Crippen LogP contribution in [-0.4, -0.2) is 22.4 Å². The van der Waals surface area contributed by atoms with Crippen molar-refractivity contribution in [1.29, 1.82) is 0 Å². The second-order valence-corrected chi connectivity index (χ2v) is 5.48. The van der Waals surface area contributed by atoms with Crippen LogP contribution in [0.1, 0.15) is 18.1 Å². The summed E-state index contributed by atoms with van der Waals surface area (Å²) in [7, 11) is 0. The number of ketones is 1. The van der Waals surface area contributed by atoms with Crippen molar-refractivity contribution in [3.8, 4) is 0 Å². The van der Waals surface area contributed by atoms with E-state index in [4.69, 9.17) is 11.6 Å². The van der Waals surface area contributed by atoms with Crippen molar-refractivity contribution in [3.05, 3.63) is 34.9 Å². The lowest BCUT2D eigenvalue weighted by Gasteiger charge is -2.25. The predicted molar refractivity (Wildman–Crippen MR) is 66.9 cm³/mol. The highest BCUT2D eigenvalue weighted by Gasteiger charge is 2.30. The number of Topliss-reactive ketones (excluding diaryl/α,β-unsaturated/α-hetero) is 1. The number of aliphatic hydroxyl groups is 1. The summed E-state index contributed by atoms with van der Waals surface area (Å²) in [6, 6.07) is 7.03. The van der Waals surface area contributed by atoms with E-state index in [9.17, 15) is 9.90 Å². The molecule has 2 atom stereocenters. The highest BCUT2D eigenvalue weighted by Crippen LogP contribution is 2.31. The van der Waals surface area contributed by atoms with Gasteiger partial charge in [0, 0.05) is 22.9 Å². The van der Waals surface area contributed by atoms with Crippen LogP contribution < -0.4 is 0 Å². The lowest BCUT2D eigenvalue weighted by molar-refractivity contribution is -0.125. The second kappa shape index (κ2) is 5.21. The summed E-state index contributed by atoms with van der Waals surface area (Å²) >= 11 is 7.50. The Hall–Kier alpha value is -0.510. The average Bonchev–Trinajstić information content (AvgIpc) is 2.30. The van der Waals surface area contributed by atoms with E-state index in [1.807, 2.05) is 0 Å². The maximum atomic E-state index is 11.7. The monoisotopic (exact) mass is 256 g/mol. The van der Waals surface area contributed by atoms with E-state index in [1.54, 1.807) is 36.0 Å². The summed E-state index contributed by atoms with van der Waals surface area (Å²) in [5.74, 6) is 1.49. The fraction of sp³-hybridized carbons (Fsp3) is 0.417. The van der Waals surface area contributed by atoms with E-state index >= 15 is 0 Å². The molecule has 16 heavy (non-hydrogen) atoms. The largest absolute Gasteiger partial charge is 0.388 e. The molecule has 0 saturated carbocycles. The maximum absolute atomic E-state index is 11.7. The van der Waals surface area contributed by atoms with Gasteiger partial charge < -0.3 is 5.11 Å². The van der Waals surface area contributed by atoms with Gasteiger partial charge in [-0.05, 0) is 17.7 Å². The molecule has 1 aliphatic heterocycles. The molecule has 1 aliphatic rings. The van der Waals surface area contributed by atoms with Crippen molar-refractivity contribution in [2.24, 2.45) is 5.92 Å². The van der Waals surface area contributed by atoms with Gasteiger partial charge in [-0.15, -0.1) is 0 Å². The van der Waals surface area contributed by atoms with Crippen LogP contribution in [0.2, 0.25) is 5.02 Å². The predicted octanol–water partition coefficient (Wildman–Crippen LogP) is 2.70. The van der Waals surface area contributed by atoms with Gasteiger partial charge in [0.05, 0.1) is 12.0 Å². The second-order valence-electron chi connectivity index (χ2n) is 3.89. The number of carbonyl (C=O) groups is 1. The molecular formula is C12H13ClO2S. The Labute approximate surface area is 104 Å². The molecule has 86 valence electrons. The van der Waals surface area contributed by atoms with Crippen molar-refractivity contribution >= 4 is 29.1 Å². The zero-order valence-electron chi connectivity index (χ0n) is 8.73. The molecule has 0 amide bonds. The molecule has 0 bridgehead atoms. The van der Waals surface area contributed by atoms with Crippen molar-refractivity contribution in [3.63, 3.8) is 0 Å². The quantitative estimate of drug-likeness (QED) is 0.884. The molecule has 1 aromatic carbocycles. The minimum Gasteiger partial charge on any atom is -0.388 e. The van der Waals surface area contributed by atoms with Crippen molar-refractivity contribution in [1.82, 2.24) is 0 Å². The maximum Gasteiger partial charge on any atom is 0.140 e. The van der Waals surface area contributed by atoms with Gasteiger partial charge in [-0.3, -0.25) is 4.79 Å². The van der Waals surface area contributed by atoms with Gasteiger partial charge >= 0.3 is 0 Å². The minimum atomic E-state index is -0.697. The van der Waals surface area contributed by atoms with Gasteiger partial charge in [-0.25, -0.2) is 0 Å². The third kappa shape index (κ3) is 2.59. The Kier molecular flexibility index (Phi) is 3.90. The Morgan fingerprint density at radius 3 is 2.69 bits per heavy atom. The van der Waals surface area contributed by atoms with E-state index in [-0.39, 0.29) is 11.7 Å². The molecule has 2 rings (SSSR count). The normalized spacial score (nSPS) is 23.1. The fourth-order valence-corrected chi connectivity index (χ4v) is 3.08. The standard InChI is InChI=1S/C12H13ClO2S/c13-9-3-1-8(2-4-9)12(15)10-7-16-6-5-11(10)14/h1-4,10,12,15H,5-7H2/t10-,12+/m1/s1. The summed E-state index contributed by atoms with van der Waals surface area (Å²) in [5, 5.41) is 10.8. The number of rotatable bonds is 2. The van der Waals surface area contributed by atoms with Gasteiger partial charge in [0.25, 0.3) is 0 Å². The smallest absolute Gasteiger partial charge is 0.140 e. The van der Waals surface area contributed by atoms with Gasteiger partial charge in [0.1, 0.15) is 5.78 Å². The van der Waals surface area contributed by atoms with E-state index in [0.717, 1.165) is 11.3 Å². The zero-order valence-corrected chi connectivity index (χ0v) is 10.3. The van der Waals surface area contributed by atoms with Crippen LogP contribution in [0.3, 0.4) is 0 Å². The lowest BCUT2D eigenvalue weighted by atomic mass is 9.92. The van der Waals surface area contributed by atoms with Crippen LogP contribution in [0.15, 0.2) is 24.3 Å². The molecule has 0 spiro atoms. The Bertz CT molecular complexity index is 377. The van der Waals surface area contributed by atoms with E-state index in [1.165, 1.54) is 0 Å². The van der Waals surface area contributed by atoms with Gasteiger partial charge in [0.15, 0.2) is 0 Å². The van der Waals surface area contributed by atoms with Crippen molar-refractivity contribution in [2.75, 3.05) is 11.5 Å².